The number of piperazine rings is 1. The van der Waals surface area contributed by atoms with E-state index in [2.05, 4.69) is 70.9 Å². The normalized spacial score (nSPS) is 17.0. The summed E-state index contributed by atoms with van der Waals surface area (Å²) in [6, 6.07) is 13.2. The molecule has 1 atom stereocenters. The highest BCUT2D eigenvalue weighted by Gasteiger charge is 2.25. The maximum atomic E-state index is 12.4. The lowest BCUT2D eigenvalue weighted by molar-refractivity contribution is -0.121. The molecule has 1 aromatic heterocycles. The summed E-state index contributed by atoms with van der Waals surface area (Å²) in [5.74, 6) is 0.144. The number of thiophene rings is 1. The summed E-state index contributed by atoms with van der Waals surface area (Å²) in [4.78, 5) is 18.6. The van der Waals surface area contributed by atoms with Crippen molar-refractivity contribution in [1.82, 2.24) is 15.1 Å². The van der Waals surface area contributed by atoms with Crippen LogP contribution < -0.4 is 5.32 Å². The van der Waals surface area contributed by atoms with Gasteiger partial charge in [-0.3, -0.25) is 9.69 Å². The molecule has 0 radical (unpaired) electrons. The lowest BCUT2D eigenvalue weighted by atomic mass is 10.1. The second-order valence-corrected chi connectivity index (χ2v) is 8.32. The average Bonchev–Trinajstić information content (AvgIpc) is 3.23. The van der Waals surface area contributed by atoms with Crippen molar-refractivity contribution < 1.29 is 4.79 Å². The number of nitrogens with zero attached hydrogens (tertiary/aromatic N) is 2. The van der Waals surface area contributed by atoms with Gasteiger partial charge in [-0.25, -0.2) is 0 Å². The first-order chi connectivity index (χ1) is 13.2. The highest BCUT2D eigenvalue weighted by molar-refractivity contribution is 7.10. The number of aryl methyl sites for hydroxylation is 2. The van der Waals surface area contributed by atoms with Crippen LogP contribution in [0.15, 0.2) is 41.8 Å². The topological polar surface area (TPSA) is 35.6 Å². The van der Waals surface area contributed by atoms with Gasteiger partial charge in [-0.1, -0.05) is 37.3 Å². The van der Waals surface area contributed by atoms with Crippen LogP contribution in [0.25, 0.3) is 0 Å². The standard InChI is InChI=1S/C22H31N3OS/c1-3-18-6-8-19(9-7-18)10-11-22(26)23-17-20(21-5-4-16-27-21)25-14-12-24(2)13-15-25/h4-9,16,20H,3,10-15,17H2,1-2H3,(H,23,26)/t20-/m0/s1. The van der Waals surface area contributed by atoms with Gasteiger partial charge in [-0.15, -0.1) is 11.3 Å². The number of carbonyl (C=O) groups is 1. The minimum Gasteiger partial charge on any atom is -0.354 e. The van der Waals surface area contributed by atoms with E-state index in [4.69, 9.17) is 0 Å². The van der Waals surface area contributed by atoms with Crippen molar-refractivity contribution in [2.45, 2.75) is 32.2 Å². The SMILES string of the molecule is CCc1ccc(CCC(=O)NC[C@@H](c2cccs2)N2CCN(C)CC2)cc1. The number of carbonyl (C=O) groups excluding carboxylic acids is 1. The Kier molecular flexibility index (Phi) is 7.44. The van der Waals surface area contributed by atoms with E-state index in [1.165, 1.54) is 16.0 Å². The van der Waals surface area contributed by atoms with Crippen LogP contribution in [0.4, 0.5) is 0 Å². The third kappa shape index (κ3) is 5.89. The molecule has 0 saturated carbocycles. The summed E-state index contributed by atoms with van der Waals surface area (Å²) < 4.78 is 0. The largest absolute Gasteiger partial charge is 0.354 e. The number of hydrogen-bond donors (Lipinski definition) is 1. The Morgan fingerprint density at radius 3 is 2.44 bits per heavy atom. The predicted octanol–water partition coefficient (Wildman–Crippen LogP) is 3.35. The third-order valence-corrected chi connectivity index (χ3v) is 6.39. The second kappa shape index (κ2) is 10.0. The quantitative estimate of drug-likeness (QED) is 0.757. The summed E-state index contributed by atoms with van der Waals surface area (Å²) in [7, 11) is 2.17. The average molecular weight is 386 g/mol. The van der Waals surface area contributed by atoms with E-state index in [9.17, 15) is 4.79 Å². The van der Waals surface area contributed by atoms with Gasteiger partial charge in [0.2, 0.25) is 5.91 Å². The first-order valence-corrected chi connectivity index (χ1v) is 10.8. The molecule has 1 aromatic carbocycles. The molecule has 1 fully saturated rings. The van der Waals surface area contributed by atoms with Crippen molar-refractivity contribution in [3.63, 3.8) is 0 Å². The molecule has 146 valence electrons. The number of rotatable bonds is 8. The maximum Gasteiger partial charge on any atom is 0.220 e. The van der Waals surface area contributed by atoms with Gasteiger partial charge >= 0.3 is 0 Å². The van der Waals surface area contributed by atoms with E-state index < -0.39 is 0 Å². The zero-order valence-electron chi connectivity index (χ0n) is 16.5. The molecule has 1 N–H and O–H groups in total. The van der Waals surface area contributed by atoms with Crippen LogP contribution >= 0.6 is 11.3 Å². The molecule has 2 aromatic rings. The fraction of sp³-hybridized carbons (Fsp3) is 0.500. The molecule has 5 heteroatoms. The number of nitrogens with one attached hydrogen (secondary N) is 1. The molecule has 0 spiro atoms. The molecule has 1 aliphatic heterocycles. The van der Waals surface area contributed by atoms with Crippen molar-refractivity contribution in [2.75, 3.05) is 39.8 Å². The fourth-order valence-electron chi connectivity index (χ4n) is 3.52. The zero-order chi connectivity index (χ0) is 19.1. The van der Waals surface area contributed by atoms with Crippen LogP contribution in [-0.2, 0) is 17.6 Å². The molecule has 1 amide bonds. The highest BCUT2D eigenvalue weighted by Crippen LogP contribution is 2.25. The highest BCUT2D eigenvalue weighted by atomic mass is 32.1. The minimum absolute atomic E-state index is 0.144. The van der Waals surface area contributed by atoms with Gasteiger partial charge in [0.05, 0.1) is 6.04 Å². The number of benzene rings is 1. The van der Waals surface area contributed by atoms with E-state index in [-0.39, 0.29) is 11.9 Å². The van der Waals surface area contributed by atoms with Crippen molar-refractivity contribution in [3.05, 3.63) is 57.8 Å². The first kappa shape index (κ1) is 20.1. The van der Waals surface area contributed by atoms with Crippen molar-refractivity contribution >= 4 is 17.2 Å². The summed E-state index contributed by atoms with van der Waals surface area (Å²) in [5, 5.41) is 5.31. The molecule has 1 aliphatic rings. The van der Waals surface area contributed by atoms with Gasteiger partial charge in [-0.2, -0.15) is 0 Å². The van der Waals surface area contributed by atoms with Crippen LogP contribution in [0.2, 0.25) is 0 Å². The molecular weight excluding hydrogens is 354 g/mol. The summed E-state index contributed by atoms with van der Waals surface area (Å²) in [6.45, 7) is 7.13. The number of hydrogen-bond acceptors (Lipinski definition) is 4. The molecule has 0 aliphatic carbocycles. The molecule has 2 heterocycles. The Labute approximate surface area is 167 Å². The van der Waals surface area contributed by atoms with E-state index in [1.807, 2.05) is 0 Å². The van der Waals surface area contributed by atoms with Gasteiger partial charge in [-0.05, 0) is 42.5 Å². The van der Waals surface area contributed by atoms with Gasteiger partial charge in [0.1, 0.15) is 0 Å². The molecule has 4 nitrogen and oxygen atoms in total. The molecular formula is C22H31N3OS. The predicted molar refractivity (Wildman–Crippen MR) is 113 cm³/mol. The first-order valence-electron chi connectivity index (χ1n) is 9.96. The van der Waals surface area contributed by atoms with Crippen molar-refractivity contribution in [3.8, 4) is 0 Å². The summed E-state index contributed by atoms with van der Waals surface area (Å²) in [5.41, 5.74) is 2.57. The van der Waals surface area contributed by atoms with Crippen LogP contribution in [0.5, 0.6) is 0 Å². The van der Waals surface area contributed by atoms with Crippen LogP contribution in [0.1, 0.15) is 35.4 Å². The molecule has 1 saturated heterocycles. The Hall–Kier alpha value is -1.69. The third-order valence-electron chi connectivity index (χ3n) is 5.41. The Morgan fingerprint density at radius 2 is 1.81 bits per heavy atom. The number of likely N-dealkylation sites (N-methyl/N-ethyl adjacent to an activating group) is 1. The van der Waals surface area contributed by atoms with Crippen molar-refractivity contribution in [2.24, 2.45) is 0 Å². The zero-order valence-corrected chi connectivity index (χ0v) is 17.3. The van der Waals surface area contributed by atoms with Crippen LogP contribution in [-0.4, -0.2) is 55.5 Å². The van der Waals surface area contributed by atoms with Crippen LogP contribution in [0.3, 0.4) is 0 Å². The maximum absolute atomic E-state index is 12.4. The summed E-state index contributed by atoms with van der Waals surface area (Å²) >= 11 is 1.78. The molecule has 0 bridgehead atoms. The lowest BCUT2D eigenvalue weighted by Crippen LogP contribution is -2.48. The van der Waals surface area contributed by atoms with E-state index in [1.54, 1.807) is 11.3 Å². The van der Waals surface area contributed by atoms with Gasteiger partial charge < -0.3 is 10.2 Å². The van der Waals surface area contributed by atoms with Crippen LogP contribution in [0, 0.1) is 0 Å². The lowest BCUT2D eigenvalue weighted by Gasteiger charge is -2.37. The Bertz CT molecular complexity index is 691. The smallest absolute Gasteiger partial charge is 0.220 e. The van der Waals surface area contributed by atoms with Gasteiger partial charge in [0.25, 0.3) is 0 Å². The van der Waals surface area contributed by atoms with Gasteiger partial charge in [0.15, 0.2) is 0 Å². The fourth-order valence-corrected chi connectivity index (χ4v) is 4.38. The number of amides is 1. The molecule has 3 rings (SSSR count). The summed E-state index contributed by atoms with van der Waals surface area (Å²) in [6.07, 6.45) is 2.40. The van der Waals surface area contributed by atoms with Crippen molar-refractivity contribution in [1.29, 1.82) is 0 Å². The second-order valence-electron chi connectivity index (χ2n) is 7.34. The van der Waals surface area contributed by atoms with E-state index in [0.29, 0.717) is 13.0 Å². The minimum atomic E-state index is 0.144. The molecule has 27 heavy (non-hydrogen) atoms. The monoisotopic (exact) mass is 385 g/mol. The Morgan fingerprint density at radius 1 is 1.11 bits per heavy atom. The molecule has 0 unspecified atom stereocenters. The van der Waals surface area contributed by atoms with E-state index >= 15 is 0 Å². The van der Waals surface area contributed by atoms with Gasteiger partial charge in [0, 0.05) is 44.0 Å². The Balaban J connectivity index is 1.51. The van der Waals surface area contributed by atoms with E-state index in [0.717, 1.165) is 39.0 Å².